The number of likely N-dealkylation sites (tertiary alicyclic amines) is 4. The summed E-state index contributed by atoms with van der Waals surface area (Å²) < 4.78 is 0. The molecule has 10 atom stereocenters. The summed E-state index contributed by atoms with van der Waals surface area (Å²) in [7, 11) is 0. The second-order valence-electron chi connectivity index (χ2n) is 19.5. The van der Waals surface area contributed by atoms with E-state index in [1.807, 2.05) is 0 Å². The molecule has 4 fully saturated rings. The highest BCUT2D eigenvalue weighted by atomic mass is 16.4. The second-order valence-corrected chi connectivity index (χ2v) is 19.5. The molecule has 78 heavy (non-hydrogen) atoms. The van der Waals surface area contributed by atoms with Crippen molar-refractivity contribution in [2.75, 3.05) is 72.2 Å². The van der Waals surface area contributed by atoms with Gasteiger partial charge < -0.3 is 94.0 Å². The first-order valence-corrected chi connectivity index (χ1v) is 26.1. The minimum atomic E-state index is -1.70. The summed E-state index contributed by atoms with van der Waals surface area (Å²) in [5.74, 6) is -10.4. The Morgan fingerprint density at radius 1 is 0.500 bits per heavy atom. The number of hydrogen-bond acceptors (Lipinski definition) is 18. The molecule has 16 N–H and O–H groups in total. The van der Waals surface area contributed by atoms with Crippen molar-refractivity contribution in [2.45, 2.75) is 145 Å². The van der Waals surface area contributed by atoms with Crippen molar-refractivity contribution in [3.05, 3.63) is 0 Å². The van der Waals surface area contributed by atoms with Crippen molar-refractivity contribution in [3.8, 4) is 0 Å². The van der Waals surface area contributed by atoms with E-state index >= 15 is 0 Å². The molecule has 0 saturated carbocycles. The van der Waals surface area contributed by atoms with Crippen LogP contribution < -0.4 is 54.0 Å². The fraction of sp³-hybridized carbons (Fsp3) is 0.723. The maximum atomic E-state index is 14.0. The molecule has 4 aliphatic rings. The molecule has 0 radical (unpaired) electrons. The number of aliphatic hydroxyl groups is 3. The van der Waals surface area contributed by atoms with Gasteiger partial charge in [-0.05, 0) is 84.6 Å². The number of hydrogen-bond donors (Lipinski definition) is 14. The van der Waals surface area contributed by atoms with Crippen LogP contribution in [-0.2, 0) is 62.3 Å². The number of nitrogens with two attached hydrogens (primary N) is 2. The second kappa shape index (κ2) is 30.7. The molecule has 4 saturated heterocycles. The van der Waals surface area contributed by atoms with Crippen molar-refractivity contribution in [1.82, 2.24) is 62.1 Å². The summed E-state index contributed by atoms with van der Waals surface area (Å²) in [4.78, 5) is 174. The normalized spacial score (nSPS) is 21.2. The zero-order chi connectivity index (χ0) is 57.8. The summed E-state index contributed by atoms with van der Waals surface area (Å²) in [5, 5.41) is 57.1. The first-order chi connectivity index (χ1) is 37.1. The molecule has 436 valence electrons. The number of aliphatic carboxylic acids is 1. The minimum absolute atomic E-state index is 0.0963. The molecule has 4 rings (SSSR count). The van der Waals surface area contributed by atoms with Gasteiger partial charge in [-0.2, -0.15) is 0 Å². The molecule has 0 spiro atoms. The predicted molar refractivity (Wildman–Crippen MR) is 269 cm³/mol. The molecule has 0 unspecified atom stereocenters. The topological polar surface area (TPSA) is 464 Å². The van der Waals surface area contributed by atoms with Gasteiger partial charge in [-0.1, -0.05) is 6.42 Å². The smallest absolute Gasteiger partial charge is 0.328 e. The van der Waals surface area contributed by atoms with Crippen LogP contribution >= 0.6 is 0 Å². The number of carboxylic acids is 1. The van der Waals surface area contributed by atoms with Crippen molar-refractivity contribution < 1.29 is 82.8 Å². The van der Waals surface area contributed by atoms with E-state index in [4.69, 9.17) is 11.5 Å². The molecule has 0 bridgehead atoms. The Kier molecular flexibility index (Phi) is 25.0. The molecule has 31 heteroatoms. The van der Waals surface area contributed by atoms with Crippen LogP contribution in [0.4, 0.5) is 0 Å². The molecule has 4 aliphatic heterocycles. The summed E-state index contributed by atoms with van der Waals surface area (Å²) in [6, 6.07) is -12.1. The number of carbonyl (C=O) groups excluding carboxylic acids is 12. The number of nitrogens with zero attached hydrogens (tertiary/aromatic N) is 4. The van der Waals surface area contributed by atoms with Crippen LogP contribution in [-0.4, -0.2) is 249 Å². The van der Waals surface area contributed by atoms with E-state index in [0.29, 0.717) is 51.5 Å². The Bertz CT molecular complexity index is 2220. The third-order valence-electron chi connectivity index (χ3n) is 13.9. The van der Waals surface area contributed by atoms with Crippen LogP contribution in [0.1, 0.15) is 84.5 Å². The van der Waals surface area contributed by atoms with Gasteiger partial charge in [0.1, 0.15) is 54.4 Å². The maximum absolute atomic E-state index is 14.0. The largest absolute Gasteiger partial charge is 0.480 e. The summed E-state index contributed by atoms with van der Waals surface area (Å²) in [6.07, 6.45) is 4.28. The van der Waals surface area contributed by atoms with Gasteiger partial charge >= 0.3 is 5.97 Å². The first-order valence-electron chi connectivity index (χ1n) is 26.1. The van der Waals surface area contributed by atoms with Crippen LogP contribution in [0.2, 0.25) is 0 Å². The molecule has 0 aromatic heterocycles. The van der Waals surface area contributed by atoms with Crippen molar-refractivity contribution in [1.29, 1.82) is 0 Å². The van der Waals surface area contributed by atoms with Crippen molar-refractivity contribution in [2.24, 2.45) is 11.5 Å². The minimum Gasteiger partial charge on any atom is -0.480 e. The van der Waals surface area contributed by atoms with Gasteiger partial charge in [-0.25, -0.2) is 4.79 Å². The Balaban J connectivity index is 1.21. The van der Waals surface area contributed by atoms with Crippen LogP contribution in [0.5, 0.6) is 0 Å². The Morgan fingerprint density at radius 3 is 1.54 bits per heavy atom. The predicted octanol–water partition coefficient (Wildman–Crippen LogP) is -8.72. The zero-order valence-electron chi connectivity index (χ0n) is 43.9. The number of amides is 12. The lowest BCUT2D eigenvalue weighted by Crippen LogP contribution is -2.59. The Labute approximate surface area is 449 Å². The number of carbonyl (C=O) groups is 13. The highest BCUT2D eigenvalue weighted by molar-refractivity contribution is 5.99. The van der Waals surface area contributed by atoms with Crippen LogP contribution in [0.25, 0.3) is 0 Å². The maximum Gasteiger partial charge on any atom is 0.328 e. The number of carboxylic acid groups (broad SMARTS) is 1. The highest BCUT2D eigenvalue weighted by Crippen LogP contribution is 2.29. The van der Waals surface area contributed by atoms with Gasteiger partial charge in [0.25, 0.3) is 0 Å². The van der Waals surface area contributed by atoms with Crippen molar-refractivity contribution >= 4 is 76.9 Å². The average Bonchev–Trinajstić information content (AvgIpc) is 4.32. The third-order valence-corrected chi connectivity index (χ3v) is 13.9. The molecule has 0 aromatic rings. The number of unbranched alkanes of at least 4 members (excludes halogenated alkanes) is 1. The molecular formula is C47H76N14O17. The number of rotatable bonds is 28. The summed E-state index contributed by atoms with van der Waals surface area (Å²) >= 11 is 0. The van der Waals surface area contributed by atoms with E-state index in [-0.39, 0.29) is 51.9 Å². The third kappa shape index (κ3) is 17.5. The van der Waals surface area contributed by atoms with Gasteiger partial charge in [0.2, 0.25) is 70.9 Å². The van der Waals surface area contributed by atoms with E-state index < -0.39 is 177 Å². The van der Waals surface area contributed by atoms with Gasteiger partial charge in [0, 0.05) is 26.2 Å². The van der Waals surface area contributed by atoms with E-state index in [1.165, 1.54) is 28.5 Å². The lowest BCUT2D eigenvalue weighted by Gasteiger charge is -2.34. The van der Waals surface area contributed by atoms with Crippen LogP contribution in [0.15, 0.2) is 0 Å². The quantitative estimate of drug-likeness (QED) is 0.0324. The lowest BCUT2D eigenvalue weighted by atomic mass is 10.1. The standard InChI is InChI=1S/C47H76N14O17/c1-25(54-39(69)27(49)9-3-4-14-48)38(68)51-19-35(65)50-21-37(67)58-15-5-10-31(58)42(72)56-29(23-63)41(71)55-28(22-62)40(70)52-20-36(66)53-26(2)44(74)60-17-7-12-33(60)46(76)61-18-8-13-34(61)45(75)59-16-6-11-32(59)43(73)57-30(24-64)47(77)78/h25-34,62-64H,3-24,48-49H2,1-2H3,(H,50,65)(H,51,68)(H,52,70)(H,53,66)(H,54,69)(H,55,71)(H,56,72)(H,57,73)(H,77,78)/t25-,26-,27-,28-,29-,30-,31-,32-,33-,34-/m0/s1. The Morgan fingerprint density at radius 2 is 0.974 bits per heavy atom. The van der Waals surface area contributed by atoms with Crippen LogP contribution in [0.3, 0.4) is 0 Å². The van der Waals surface area contributed by atoms with E-state index in [2.05, 4.69) is 42.5 Å². The van der Waals surface area contributed by atoms with Crippen LogP contribution in [0, 0.1) is 0 Å². The fourth-order valence-corrected chi connectivity index (χ4v) is 9.56. The van der Waals surface area contributed by atoms with E-state index in [0.717, 1.165) is 4.90 Å². The molecular weight excluding hydrogens is 1030 g/mol. The molecule has 4 heterocycles. The highest BCUT2D eigenvalue weighted by Gasteiger charge is 2.46. The van der Waals surface area contributed by atoms with Gasteiger partial charge in [0.15, 0.2) is 0 Å². The summed E-state index contributed by atoms with van der Waals surface area (Å²) in [6.45, 7) is -0.887. The monoisotopic (exact) mass is 1110 g/mol. The number of aliphatic hydroxyl groups excluding tert-OH is 3. The van der Waals surface area contributed by atoms with Crippen molar-refractivity contribution in [3.63, 3.8) is 0 Å². The Hall–Kier alpha value is -7.09. The number of nitrogens with one attached hydrogen (secondary N) is 8. The average molecular weight is 1110 g/mol. The molecule has 12 amide bonds. The SMILES string of the molecule is C[C@H](NC(=O)[C@@H](N)CCCCN)C(=O)NCC(=O)NCC(=O)N1CCC[C@H]1C(=O)N[C@@H](CO)C(=O)N[C@@H](CO)C(=O)NCC(=O)N[C@@H](C)C(=O)N1CCC[C@H]1C(=O)N1CCC[C@H]1C(=O)N1CCC[C@H]1C(=O)N[C@@H](CO)C(=O)O. The van der Waals surface area contributed by atoms with Gasteiger partial charge in [-0.15, -0.1) is 0 Å². The molecule has 31 nitrogen and oxygen atoms in total. The van der Waals surface area contributed by atoms with E-state index in [1.54, 1.807) is 0 Å². The fourth-order valence-electron chi connectivity index (χ4n) is 9.56. The summed E-state index contributed by atoms with van der Waals surface area (Å²) in [5.41, 5.74) is 11.3. The molecule has 0 aliphatic carbocycles. The van der Waals surface area contributed by atoms with Gasteiger partial charge in [-0.3, -0.25) is 57.5 Å². The molecule has 0 aromatic carbocycles. The first kappa shape index (κ1) is 63.4. The zero-order valence-corrected chi connectivity index (χ0v) is 43.9. The van der Waals surface area contributed by atoms with Gasteiger partial charge in [0.05, 0.1) is 45.5 Å². The van der Waals surface area contributed by atoms with E-state index in [9.17, 15) is 82.8 Å². The lowest BCUT2D eigenvalue weighted by molar-refractivity contribution is -0.151.